The second-order valence-corrected chi connectivity index (χ2v) is 6.68. The molecule has 0 spiro atoms. The summed E-state index contributed by atoms with van der Waals surface area (Å²) in [7, 11) is 0. The number of carbonyl (C=O) groups is 1. The van der Waals surface area contributed by atoms with E-state index in [1.165, 1.54) is 6.07 Å². The number of benzene rings is 2. The van der Waals surface area contributed by atoms with Crippen LogP contribution in [0.15, 0.2) is 53.5 Å². The molecule has 0 atom stereocenters. The van der Waals surface area contributed by atoms with E-state index in [2.05, 4.69) is 15.6 Å². The SMILES string of the molecule is CCNC(=NCCCN1C(=O)COc2ccccc21)NCCc1ccccc1F. The van der Waals surface area contributed by atoms with Gasteiger partial charge in [0.1, 0.15) is 11.6 Å². The average molecular weight is 398 g/mol. The number of hydrogen-bond acceptors (Lipinski definition) is 3. The molecular weight excluding hydrogens is 371 g/mol. The van der Waals surface area contributed by atoms with Gasteiger partial charge in [0.25, 0.3) is 5.91 Å². The number of para-hydroxylation sites is 2. The number of rotatable bonds is 8. The van der Waals surface area contributed by atoms with Gasteiger partial charge in [0.15, 0.2) is 12.6 Å². The highest BCUT2D eigenvalue weighted by Gasteiger charge is 2.24. The lowest BCUT2D eigenvalue weighted by molar-refractivity contribution is -0.121. The molecule has 0 unspecified atom stereocenters. The Balaban J connectivity index is 1.49. The summed E-state index contributed by atoms with van der Waals surface area (Å²) in [4.78, 5) is 18.5. The van der Waals surface area contributed by atoms with Gasteiger partial charge in [0.05, 0.1) is 5.69 Å². The summed E-state index contributed by atoms with van der Waals surface area (Å²) in [6.45, 7) is 4.54. The van der Waals surface area contributed by atoms with Gasteiger partial charge in [-0.05, 0) is 43.5 Å². The normalized spacial score (nSPS) is 13.7. The van der Waals surface area contributed by atoms with Gasteiger partial charge in [-0.15, -0.1) is 0 Å². The zero-order valence-corrected chi connectivity index (χ0v) is 16.7. The van der Waals surface area contributed by atoms with E-state index in [9.17, 15) is 9.18 Å². The smallest absolute Gasteiger partial charge is 0.265 e. The molecule has 1 aliphatic rings. The van der Waals surface area contributed by atoms with Crippen LogP contribution in [0.25, 0.3) is 0 Å². The van der Waals surface area contributed by atoms with E-state index >= 15 is 0 Å². The number of carbonyl (C=O) groups excluding carboxylic acids is 1. The van der Waals surface area contributed by atoms with E-state index in [0.717, 1.165) is 24.4 Å². The molecule has 0 bridgehead atoms. The van der Waals surface area contributed by atoms with Crippen molar-refractivity contribution in [1.29, 1.82) is 0 Å². The van der Waals surface area contributed by atoms with E-state index in [1.807, 2.05) is 37.3 Å². The van der Waals surface area contributed by atoms with Crippen LogP contribution in [-0.4, -0.2) is 44.7 Å². The Kier molecular flexibility index (Phi) is 7.44. The summed E-state index contributed by atoms with van der Waals surface area (Å²) in [5, 5.41) is 6.42. The van der Waals surface area contributed by atoms with Crippen molar-refractivity contribution in [2.24, 2.45) is 4.99 Å². The van der Waals surface area contributed by atoms with E-state index < -0.39 is 0 Å². The average Bonchev–Trinajstić information content (AvgIpc) is 2.73. The first kappa shape index (κ1) is 20.6. The van der Waals surface area contributed by atoms with E-state index in [4.69, 9.17) is 4.74 Å². The fourth-order valence-electron chi connectivity index (χ4n) is 3.18. The standard InChI is InChI=1S/C22H27FN4O2/c1-2-24-22(26-14-12-17-8-3-4-9-18(17)23)25-13-7-15-27-19-10-5-6-11-20(19)29-16-21(27)28/h3-6,8-11H,2,7,12-16H2,1H3,(H2,24,25,26). The number of ether oxygens (including phenoxy) is 1. The quantitative estimate of drug-likeness (QED) is 0.408. The maximum Gasteiger partial charge on any atom is 0.265 e. The Morgan fingerprint density at radius 1 is 1.17 bits per heavy atom. The zero-order chi connectivity index (χ0) is 20.5. The predicted octanol–water partition coefficient (Wildman–Crippen LogP) is 2.74. The van der Waals surface area contributed by atoms with Gasteiger partial charge in [-0.2, -0.15) is 0 Å². The van der Waals surface area contributed by atoms with Crippen LogP contribution in [0, 0.1) is 5.82 Å². The summed E-state index contributed by atoms with van der Waals surface area (Å²) >= 11 is 0. The zero-order valence-electron chi connectivity index (χ0n) is 16.7. The lowest BCUT2D eigenvalue weighted by Crippen LogP contribution is -2.40. The number of guanidine groups is 1. The van der Waals surface area contributed by atoms with Gasteiger partial charge in [-0.3, -0.25) is 9.79 Å². The van der Waals surface area contributed by atoms with Crippen LogP contribution in [0.3, 0.4) is 0 Å². The molecule has 1 amide bonds. The molecule has 1 aliphatic heterocycles. The largest absolute Gasteiger partial charge is 0.482 e. The highest BCUT2D eigenvalue weighted by molar-refractivity contribution is 5.97. The Hall–Kier alpha value is -3.09. The number of aliphatic imine (C=N–C) groups is 1. The first-order valence-corrected chi connectivity index (χ1v) is 9.97. The molecule has 0 saturated heterocycles. The van der Waals surface area contributed by atoms with Gasteiger partial charge in [-0.25, -0.2) is 4.39 Å². The van der Waals surface area contributed by atoms with Crippen LogP contribution < -0.4 is 20.3 Å². The van der Waals surface area contributed by atoms with E-state index in [1.54, 1.807) is 17.0 Å². The van der Waals surface area contributed by atoms with Crippen molar-refractivity contribution in [3.05, 3.63) is 59.9 Å². The van der Waals surface area contributed by atoms with Crippen molar-refractivity contribution in [2.45, 2.75) is 19.8 Å². The third-order valence-corrected chi connectivity index (χ3v) is 4.61. The topological polar surface area (TPSA) is 66.0 Å². The van der Waals surface area contributed by atoms with Gasteiger partial charge in [0, 0.05) is 26.2 Å². The summed E-state index contributed by atoms with van der Waals surface area (Å²) in [6.07, 6.45) is 1.31. The third-order valence-electron chi connectivity index (χ3n) is 4.61. The molecule has 6 nitrogen and oxygen atoms in total. The van der Waals surface area contributed by atoms with Gasteiger partial charge in [-0.1, -0.05) is 30.3 Å². The minimum absolute atomic E-state index is 0.0393. The molecular formula is C22H27FN4O2. The summed E-state index contributed by atoms with van der Waals surface area (Å²) < 4.78 is 19.2. The maximum atomic E-state index is 13.7. The van der Waals surface area contributed by atoms with Crippen molar-refractivity contribution < 1.29 is 13.9 Å². The van der Waals surface area contributed by atoms with Crippen LogP contribution in [0.4, 0.5) is 10.1 Å². The lowest BCUT2D eigenvalue weighted by Gasteiger charge is -2.29. The maximum absolute atomic E-state index is 13.7. The minimum atomic E-state index is -0.188. The Bertz CT molecular complexity index is 856. The molecule has 2 aromatic carbocycles. The fourth-order valence-corrected chi connectivity index (χ4v) is 3.18. The minimum Gasteiger partial charge on any atom is -0.482 e. The summed E-state index contributed by atoms with van der Waals surface area (Å²) in [6, 6.07) is 14.3. The monoisotopic (exact) mass is 398 g/mol. The van der Waals surface area contributed by atoms with E-state index in [-0.39, 0.29) is 18.3 Å². The van der Waals surface area contributed by atoms with Crippen molar-refractivity contribution in [3.63, 3.8) is 0 Å². The Morgan fingerprint density at radius 2 is 1.97 bits per heavy atom. The molecule has 0 radical (unpaired) electrons. The van der Waals surface area contributed by atoms with Crippen molar-refractivity contribution in [2.75, 3.05) is 37.7 Å². The molecule has 29 heavy (non-hydrogen) atoms. The Labute approximate surface area is 170 Å². The molecule has 3 rings (SSSR count). The molecule has 7 heteroatoms. The molecule has 2 aromatic rings. The second kappa shape index (κ2) is 10.5. The molecule has 1 heterocycles. The highest BCUT2D eigenvalue weighted by atomic mass is 19.1. The highest BCUT2D eigenvalue weighted by Crippen LogP contribution is 2.31. The van der Waals surface area contributed by atoms with Crippen molar-refractivity contribution in [1.82, 2.24) is 10.6 Å². The number of halogens is 1. The second-order valence-electron chi connectivity index (χ2n) is 6.68. The molecule has 0 aliphatic carbocycles. The van der Waals surface area contributed by atoms with Crippen LogP contribution in [0.2, 0.25) is 0 Å². The number of amides is 1. The van der Waals surface area contributed by atoms with Crippen LogP contribution >= 0.6 is 0 Å². The Morgan fingerprint density at radius 3 is 2.79 bits per heavy atom. The molecule has 0 aromatic heterocycles. The van der Waals surface area contributed by atoms with Gasteiger partial charge >= 0.3 is 0 Å². The summed E-state index contributed by atoms with van der Waals surface area (Å²) in [5.41, 5.74) is 1.49. The predicted molar refractivity (Wildman–Crippen MR) is 113 cm³/mol. The lowest BCUT2D eigenvalue weighted by atomic mass is 10.1. The number of hydrogen-bond donors (Lipinski definition) is 2. The number of nitrogens with zero attached hydrogens (tertiary/aromatic N) is 2. The molecule has 154 valence electrons. The van der Waals surface area contributed by atoms with Crippen LogP contribution in [0.5, 0.6) is 5.75 Å². The third kappa shape index (κ3) is 5.70. The molecule has 0 saturated carbocycles. The van der Waals surface area contributed by atoms with Crippen LogP contribution in [0.1, 0.15) is 18.9 Å². The van der Waals surface area contributed by atoms with E-state index in [0.29, 0.717) is 37.6 Å². The molecule has 0 fully saturated rings. The van der Waals surface area contributed by atoms with Gasteiger partial charge < -0.3 is 20.3 Å². The van der Waals surface area contributed by atoms with Gasteiger partial charge in [0.2, 0.25) is 0 Å². The number of nitrogens with one attached hydrogen (secondary N) is 2. The van der Waals surface area contributed by atoms with Crippen molar-refractivity contribution >= 4 is 17.6 Å². The first-order chi connectivity index (χ1) is 14.2. The first-order valence-electron chi connectivity index (χ1n) is 9.97. The number of fused-ring (bicyclic) bond motifs is 1. The fraction of sp³-hybridized carbons (Fsp3) is 0.364. The van der Waals surface area contributed by atoms with Crippen LogP contribution in [-0.2, 0) is 11.2 Å². The van der Waals surface area contributed by atoms with Crippen molar-refractivity contribution in [3.8, 4) is 5.75 Å². The summed E-state index contributed by atoms with van der Waals surface area (Å²) in [5.74, 6) is 1.20. The number of anilines is 1. The molecule has 2 N–H and O–H groups in total.